The minimum absolute atomic E-state index is 0.0526. The fourth-order valence-electron chi connectivity index (χ4n) is 2.35. The quantitative estimate of drug-likeness (QED) is 0.558. The van der Waals surface area contributed by atoms with Crippen LogP contribution in [0, 0.1) is 12.3 Å². The number of carbonyl (C=O) groups is 1. The van der Waals surface area contributed by atoms with Crippen molar-refractivity contribution in [2.75, 3.05) is 39.3 Å². The van der Waals surface area contributed by atoms with Gasteiger partial charge in [0.15, 0.2) is 0 Å². The molecule has 0 radical (unpaired) electrons. The maximum Gasteiger partial charge on any atom is 0.407 e. The van der Waals surface area contributed by atoms with Crippen molar-refractivity contribution < 1.29 is 9.90 Å². The highest BCUT2D eigenvalue weighted by Crippen LogP contribution is 2.28. The smallest absolute Gasteiger partial charge is 0.407 e. The first-order chi connectivity index (χ1) is 7.18. The van der Waals surface area contributed by atoms with Crippen LogP contribution in [0.15, 0.2) is 0 Å². The average Bonchev–Trinajstić information content (AvgIpc) is 2.15. The zero-order chi connectivity index (χ0) is 10.9. The van der Waals surface area contributed by atoms with Crippen LogP contribution in [-0.4, -0.2) is 65.8 Å². The summed E-state index contributed by atoms with van der Waals surface area (Å²) in [6.07, 6.45) is 4.47. The van der Waals surface area contributed by atoms with Gasteiger partial charge in [0.25, 0.3) is 0 Å². The third kappa shape index (κ3) is 1.66. The highest BCUT2D eigenvalue weighted by atomic mass is 16.4. The minimum atomic E-state index is -0.841. The Labute approximate surface area is 89.0 Å². The number of carboxylic acid groups (broad SMARTS) is 1. The molecule has 0 aromatic rings. The van der Waals surface area contributed by atoms with Crippen molar-refractivity contribution in [2.24, 2.45) is 0 Å². The fraction of sp³-hybridized carbons (Fsp3) is 0.700. The lowest BCUT2D eigenvalue weighted by Gasteiger charge is -2.56. The second-order valence-corrected chi connectivity index (χ2v) is 4.17. The van der Waals surface area contributed by atoms with Gasteiger partial charge in [0.2, 0.25) is 0 Å². The van der Waals surface area contributed by atoms with Crippen molar-refractivity contribution in [1.29, 1.82) is 0 Å². The molecule has 0 aromatic carbocycles. The van der Waals surface area contributed by atoms with Gasteiger partial charge < -0.3 is 15.3 Å². The number of piperazine rings is 1. The molecule has 1 spiro atoms. The molecule has 82 valence electrons. The molecule has 2 fully saturated rings. The molecule has 1 amide bonds. The average molecular weight is 209 g/mol. The third-order valence-corrected chi connectivity index (χ3v) is 3.21. The van der Waals surface area contributed by atoms with Crippen LogP contribution in [0.5, 0.6) is 0 Å². The molecule has 2 heterocycles. The van der Waals surface area contributed by atoms with Crippen LogP contribution >= 0.6 is 0 Å². The number of nitrogens with one attached hydrogen (secondary N) is 1. The molecule has 5 heteroatoms. The number of hydrogen-bond acceptors (Lipinski definition) is 3. The maximum absolute atomic E-state index is 10.7. The summed E-state index contributed by atoms with van der Waals surface area (Å²) in [5.41, 5.74) is -0.0526. The number of hydrogen-bond donors (Lipinski definition) is 2. The summed E-state index contributed by atoms with van der Waals surface area (Å²) in [6, 6.07) is 0. The monoisotopic (exact) mass is 209 g/mol. The number of likely N-dealkylation sites (tertiary alicyclic amines) is 1. The maximum atomic E-state index is 10.7. The predicted molar refractivity (Wildman–Crippen MR) is 55.6 cm³/mol. The van der Waals surface area contributed by atoms with E-state index in [0.29, 0.717) is 19.6 Å². The van der Waals surface area contributed by atoms with Gasteiger partial charge in [-0.2, -0.15) is 0 Å². The van der Waals surface area contributed by atoms with E-state index < -0.39 is 6.09 Å². The molecular formula is C10H15N3O2. The molecule has 2 rings (SSSR count). The van der Waals surface area contributed by atoms with Gasteiger partial charge in [-0.05, 0) is 0 Å². The molecule has 0 aromatic heterocycles. The second-order valence-electron chi connectivity index (χ2n) is 4.17. The number of terminal acetylenes is 1. The third-order valence-electron chi connectivity index (χ3n) is 3.21. The number of amides is 1. The summed E-state index contributed by atoms with van der Waals surface area (Å²) >= 11 is 0. The SMILES string of the molecule is C#CCN1CCNCC12CN(C(=O)O)C2. The van der Waals surface area contributed by atoms with Crippen LogP contribution in [0.1, 0.15) is 0 Å². The van der Waals surface area contributed by atoms with E-state index in [2.05, 4.69) is 16.1 Å². The van der Waals surface area contributed by atoms with Gasteiger partial charge in [0.1, 0.15) is 0 Å². The lowest BCUT2D eigenvalue weighted by molar-refractivity contribution is -0.0489. The molecule has 2 aliphatic rings. The number of rotatable bonds is 1. The molecule has 0 unspecified atom stereocenters. The molecule has 0 atom stereocenters. The van der Waals surface area contributed by atoms with E-state index in [4.69, 9.17) is 11.5 Å². The van der Waals surface area contributed by atoms with E-state index in [-0.39, 0.29) is 5.54 Å². The normalized spacial score (nSPS) is 24.6. The largest absolute Gasteiger partial charge is 0.465 e. The van der Waals surface area contributed by atoms with Gasteiger partial charge >= 0.3 is 6.09 Å². The van der Waals surface area contributed by atoms with Gasteiger partial charge in [0.05, 0.1) is 12.1 Å². The molecule has 0 bridgehead atoms. The van der Waals surface area contributed by atoms with Crippen LogP contribution in [0.2, 0.25) is 0 Å². The first-order valence-corrected chi connectivity index (χ1v) is 5.05. The van der Waals surface area contributed by atoms with Crippen LogP contribution in [0.3, 0.4) is 0 Å². The van der Waals surface area contributed by atoms with Crippen LogP contribution in [0.4, 0.5) is 4.79 Å². The Kier molecular flexibility index (Phi) is 2.55. The van der Waals surface area contributed by atoms with Crippen LogP contribution in [-0.2, 0) is 0 Å². The molecule has 0 saturated carbocycles. The Hall–Kier alpha value is -1.25. The summed E-state index contributed by atoms with van der Waals surface area (Å²) in [6.45, 7) is 4.40. The van der Waals surface area contributed by atoms with Crippen molar-refractivity contribution >= 4 is 6.09 Å². The summed E-state index contributed by atoms with van der Waals surface area (Å²) in [5.74, 6) is 2.64. The second kappa shape index (κ2) is 3.72. The first kappa shape index (κ1) is 10.3. The van der Waals surface area contributed by atoms with E-state index in [1.54, 1.807) is 0 Å². The minimum Gasteiger partial charge on any atom is -0.465 e. The van der Waals surface area contributed by atoms with E-state index in [9.17, 15) is 4.79 Å². The molecule has 5 nitrogen and oxygen atoms in total. The Morgan fingerprint density at radius 3 is 2.93 bits per heavy atom. The Morgan fingerprint density at radius 1 is 1.60 bits per heavy atom. The van der Waals surface area contributed by atoms with Gasteiger partial charge in [-0.15, -0.1) is 6.42 Å². The van der Waals surface area contributed by atoms with Crippen LogP contribution < -0.4 is 5.32 Å². The van der Waals surface area contributed by atoms with Crippen molar-refractivity contribution in [2.45, 2.75) is 5.54 Å². The highest BCUT2D eigenvalue weighted by molar-refractivity contribution is 5.66. The zero-order valence-corrected chi connectivity index (χ0v) is 8.57. The molecule has 0 aliphatic carbocycles. The van der Waals surface area contributed by atoms with E-state index in [0.717, 1.165) is 19.6 Å². The van der Waals surface area contributed by atoms with Crippen molar-refractivity contribution in [3.05, 3.63) is 0 Å². The van der Waals surface area contributed by atoms with E-state index in [1.165, 1.54) is 4.90 Å². The van der Waals surface area contributed by atoms with Crippen molar-refractivity contribution in [3.63, 3.8) is 0 Å². The summed E-state index contributed by atoms with van der Waals surface area (Å²) in [5, 5.41) is 12.1. The zero-order valence-electron chi connectivity index (χ0n) is 8.57. The molecular weight excluding hydrogens is 194 g/mol. The highest BCUT2D eigenvalue weighted by Gasteiger charge is 2.50. The fourth-order valence-corrected chi connectivity index (χ4v) is 2.35. The molecule has 2 N–H and O–H groups in total. The molecule has 2 aliphatic heterocycles. The van der Waals surface area contributed by atoms with Crippen molar-refractivity contribution in [1.82, 2.24) is 15.1 Å². The lowest BCUT2D eigenvalue weighted by atomic mass is 9.86. The Balaban J connectivity index is 2.01. The van der Waals surface area contributed by atoms with Crippen LogP contribution in [0.25, 0.3) is 0 Å². The predicted octanol–water partition coefficient (Wildman–Crippen LogP) is -0.743. The summed E-state index contributed by atoms with van der Waals surface area (Å²) in [4.78, 5) is 14.4. The first-order valence-electron chi connectivity index (χ1n) is 5.05. The van der Waals surface area contributed by atoms with E-state index >= 15 is 0 Å². The lowest BCUT2D eigenvalue weighted by Crippen LogP contribution is -2.77. The van der Waals surface area contributed by atoms with Gasteiger partial charge in [-0.25, -0.2) is 4.79 Å². The van der Waals surface area contributed by atoms with E-state index in [1.807, 2.05) is 0 Å². The summed E-state index contributed by atoms with van der Waals surface area (Å²) < 4.78 is 0. The van der Waals surface area contributed by atoms with Crippen molar-refractivity contribution in [3.8, 4) is 12.3 Å². The Bertz CT molecular complexity index is 304. The molecule has 15 heavy (non-hydrogen) atoms. The number of nitrogens with zero attached hydrogens (tertiary/aromatic N) is 2. The van der Waals surface area contributed by atoms with Gasteiger partial charge in [-0.1, -0.05) is 5.92 Å². The standard InChI is InChI=1S/C10H15N3O2/c1-2-4-13-5-3-11-6-10(13)7-12(8-10)9(14)15/h1,11H,3-8H2,(H,14,15). The topological polar surface area (TPSA) is 55.8 Å². The summed E-state index contributed by atoms with van der Waals surface area (Å²) in [7, 11) is 0. The molecule has 2 saturated heterocycles. The van der Waals surface area contributed by atoms with Gasteiger partial charge in [0, 0.05) is 32.7 Å². The van der Waals surface area contributed by atoms with Gasteiger partial charge in [-0.3, -0.25) is 4.90 Å². The Morgan fingerprint density at radius 2 is 2.33 bits per heavy atom.